The quantitative estimate of drug-likeness (QED) is 0.754. The number of hydrogen-bond donors (Lipinski definition) is 2. The minimum absolute atomic E-state index is 0.668. The molecule has 2 N–H and O–H groups in total. The Bertz CT molecular complexity index is 880. The van der Waals surface area contributed by atoms with E-state index in [1.165, 1.54) is 25.0 Å². The minimum Gasteiger partial charge on any atom is -0.340 e. The fourth-order valence-electron chi connectivity index (χ4n) is 3.32. The number of thiophene rings is 1. The Balaban J connectivity index is 1.49. The zero-order chi connectivity index (χ0) is 16.1. The molecule has 7 heteroatoms. The smallest absolute Gasteiger partial charge is 0.227 e. The zero-order valence-electron chi connectivity index (χ0n) is 13.6. The topological polar surface area (TPSA) is 69.7 Å². The average Bonchev–Trinajstić information content (AvgIpc) is 2.99. The summed E-state index contributed by atoms with van der Waals surface area (Å²) in [5.74, 6) is 3.90. The van der Waals surface area contributed by atoms with Gasteiger partial charge in [0.25, 0.3) is 0 Å². The van der Waals surface area contributed by atoms with Crippen molar-refractivity contribution in [2.45, 2.75) is 32.1 Å². The summed E-state index contributed by atoms with van der Waals surface area (Å²) in [6, 6.07) is 4.17. The molecular formula is C17H20N6S. The van der Waals surface area contributed by atoms with Crippen molar-refractivity contribution in [2.75, 3.05) is 23.3 Å². The number of nitrogens with one attached hydrogen (secondary N) is 2. The van der Waals surface area contributed by atoms with Gasteiger partial charge in [0.15, 0.2) is 11.6 Å². The second-order valence-electron chi connectivity index (χ2n) is 6.95. The summed E-state index contributed by atoms with van der Waals surface area (Å²) >= 11 is 1.67. The second-order valence-corrected chi connectivity index (χ2v) is 7.87. The number of rotatable bonds is 4. The molecule has 1 saturated carbocycles. The van der Waals surface area contributed by atoms with Crippen LogP contribution in [0.5, 0.6) is 0 Å². The van der Waals surface area contributed by atoms with Crippen LogP contribution in [0, 0.1) is 5.92 Å². The van der Waals surface area contributed by atoms with Crippen molar-refractivity contribution >= 4 is 39.1 Å². The van der Waals surface area contributed by atoms with Gasteiger partial charge in [0.05, 0.1) is 10.2 Å². The third kappa shape index (κ3) is 2.53. The summed E-state index contributed by atoms with van der Waals surface area (Å²) in [4.78, 5) is 11.9. The molecule has 0 amide bonds. The third-order valence-electron chi connectivity index (χ3n) is 4.86. The number of hydrogen-bond acceptors (Lipinski definition) is 6. The number of H-pyrrole nitrogens is 1. The van der Waals surface area contributed by atoms with Crippen LogP contribution in [0.15, 0.2) is 17.5 Å². The maximum Gasteiger partial charge on any atom is 0.227 e. The highest BCUT2D eigenvalue weighted by Gasteiger charge is 2.26. The van der Waals surface area contributed by atoms with E-state index in [1.807, 2.05) is 0 Å². The molecule has 124 valence electrons. The summed E-state index contributed by atoms with van der Waals surface area (Å²) in [6.45, 7) is 4.35. The average molecular weight is 340 g/mol. The van der Waals surface area contributed by atoms with Crippen molar-refractivity contribution < 1.29 is 0 Å². The molecule has 4 heterocycles. The SMILES string of the molecule is CC1CCN(c2nc(Nc3cc(C4CC4)[nH]n3)c3sccc3n2)C1. The van der Waals surface area contributed by atoms with E-state index >= 15 is 0 Å². The van der Waals surface area contributed by atoms with E-state index in [0.717, 1.165) is 40.9 Å². The van der Waals surface area contributed by atoms with Crippen molar-refractivity contribution in [3.05, 3.63) is 23.2 Å². The molecule has 0 bridgehead atoms. The molecule has 2 fully saturated rings. The maximum absolute atomic E-state index is 4.81. The first kappa shape index (κ1) is 14.2. The first-order chi connectivity index (χ1) is 11.8. The number of anilines is 3. The first-order valence-corrected chi connectivity index (χ1v) is 9.47. The Morgan fingerprint density at radius 3 is 3.00 bits per heavy atom. The molecule has 3 aromatic rings. The monoisotopic (exact) mass is 340 g/mol. The van der Waals surface area contributed by atoms with E-state index in [9.17, 15) is 0 Å². The van der Waals surface area contributed by atoms with Crippen LogP contribution >= 0.6 is 11.3 Å². The number of fused-ring (bicyclic) bond motifs is 1. The normalized spacial score (nSPS) is 20.9. The summed E-state index contributed by atoms with van der Waals surface area (Å²) < 4.78 is 1.09. The largest absolute Gasteiger partial charge is 0.340 e. The number of nitrogens with zero attached hydrogens (tertiary/aromatic N) is 4. The highest BCUT2D eigenvalue weighted by Crippen LogP contribution is 2.40. The molecule has 1 atom stereocenters. The predicted molar refractivity (Wildman–Crippen MR) is 97.3 cm³/mol. The highest BCUT2D eigenvalue weighted by molar-refractivity contribution is 7.17. The maximum atomic E-state index is 4.81. The van der Waals surface area contributed by atoms with Crippen molar-refractivity contribution in [3.63, 3.8) is 0 Å². The van der Waals surface area contributed by atoms with Gasteiger partial charge >= 0.3 is 0 Å². The van der Waals surface area contributed by atoms with Crippen molar-refractivity contribution in [1.29, 1.82) is 0 Å². The van der Waals surface area contributed by atoms with Gasteiger partial charge in [0, 0.05) is 30.8 Å². The summed E-state index contributed by atoms with van der Waals surface area (Å²) in [5, 5.41) is 13.0. The Labute approximate surface area is 144 Å². The highest BCUT2D eigenvalue weighted by atomic mass is 32.1. The van der Waals surface area contributed by atoms with Crippen molar-refractivity contribution in [1.82, 2.24) is 20.2 Å². The lowest BCUT2D eigenvalue weighted by molar-refractivity contribution is 0.658. The van der Waals surface area contributed by atoms with Gasteiger partial charge in [0.1, 0.15) is 0 Å². The van der Waals surface area contributed by atoms with E-state index in [2.05, 4.69) is 44.9 Å². The molecule has 5 rings (SSSR count). The fraction of sp³-hybridized carbons (Fsp3) is 0.471. The molecular weight excluding hydrogens is 320 g/mol. The first-order valence-electron chi connectivity index (χ1n) is 8.59. The molecule has 2 aliphatic rings. The Morgan fingerprint density at radius 1 is 1.29 bits per heavy atom. The van der Waals surface area contributed by atoms with Gasteiger partial charge in [-0.05, 0) is 36.6 Å². The van der Waals surface area contributed by atoms with E-state index in [4.69, 9.17) is 9.97 Å². The summed E-state index contributed by atoms with van der Waals surface area (Å²) in [6.07, 6.45) is 3.74. The molecule has 6 nitrogen and oxygen atoms in total. The second kappa shape index (κ2) is 5.44. The minimum atomic E-state index is 0.668. The van der Waals surface area contributed by atoms with Crippen LogP contribution in [0.2, 0.25) is 0 Å². The summed E-state index contributed by atoms with van der Waals surface area (Å²) in [7, 11) is 0. The molecule has 1 saturated heterocycles. The van der Waals surface area contributed by atoms with E-state index in [1.54, 1.807) is 11.3 Å². The lowest BCUT2D eigenvalue weighted by Crippen LogP contribution is -2.22. The Morgan fingerprint density at radius 2 is 2.21 bits per heavy atom. The van der Waals surface area contributed by atoms with Crippen LogP contribution in [0.4, 0.5) is 17.6 Å². The molecule has 0 radical (unpaired) electrons. The Kier molecular flexibility index (Phi) is 3.22. The lowest BCUT2D eigenvalue weighted by atomic mass is 10.2. The lowest BCUT2D eigenvalue weighted by Gasteiger charge is -2.17. The van der Waals surface area contributed by atoms with Crippen LogP contribution in [0.3, 0.4) is 0 Å². The zero-order valence-corrected chi connectivity index (χ0v) is 14.4. The van der Waals surface area contributed by atoms with Gasteiger partial charge in [-0.1, -0.05) is 6.92 Å². The standard InChI is InChI=1S/C17H20N6S/c1-10-4-6-23(9-10)17-18-12-5-7-24-15(12)16(20-17)19-14-8-13(21-22-14)11-2-3-11/h5,7-8,10-11H,2-4,6,9H2,1H3,(H2,18,19,20,21,22). The van der Waals surface area contributed by atoms with Gasteiger partial charge in [-0.15, -0.1) is 11.3 Å². The molecule has 0 spiro atoms. The van der Waals surface area contributed by atoms with Gasteiger partial charge in [-0.25, -0.2) is 4.98 Å². The van der Waals surface area contributed by atoms with Gasteiger partial charge in [0.2, 0.25) is 5.95 Å². The fourth-order valence-corrected chi connectivity index (χ4v) is 4.10. The summed E-state index contributed by atoms with van der Waals surface area (Å²) in [5.41, 5.74) is 2.23. The van der Waals surface area contributed by atoms with Crippen LogP contribution in [0.1, 0.15) is 37.8 Å². The molecule has 1 aliphatic heterocycles. The molecule has 1 aliphatic carbocycles. The molecule has 1 unspecified atom stereocenters. The Hall–Kier alpha value is -2.15. The molecule has 0 aromatic carbocycles. The van der Waals surface area contributed by atoms with Crippen molar-refractivity contribution in [3.8, 4) is 0 Å². The molecule has 3 aromatic heterocycles. The molecule has 24 heavy (non-hydrogen) atoms. The van der Waals surface area contributed by atoms with Crippen LogP contribution in [-0.2, 0) is 0 Å². The third-order valence-corrected chi connectivity index (χ3v) is 5.77. The predicted octanol–water partition coefficient (Wildman–Crippen LogP) is 3.88. The van der Waals surface area contributed by atoms with E-state index in [0.29, 0.717) is 11.8 Å². The number of aromatic amines is 1. The van der Waals surface area contributed by atoms with E-state index < -0.39 is 0 Å². The number of aromatic nitrogens is 4. The van der Waals surface area contributed by atoms with Crippen LogP contribution in [0.25, 0.3) is 10.2 Å². The van der Waals surface area contributed by atoms with E-state index in [-0.39, 0.29) is 0 Å². The van der Waals surface area contributed by atoms with Gasteiger partial charge in [-0.2, -0.15) is 10.1 Å². The van der Waals surface area contributed by atoms with Crippen LogP contribution in [-0.4, -0.2) is 33.3 Å². The van der Waals surface area contributed by atoms with Gasteiger partial charge < -0.3 is 10.2 Å². The van der Waals surface area contributed by atoms with Gasteiger partial charge in [-0.3, -0.25) is 5.10 Å². The van der Waals surface area contributed by atoms with Crippen molar-refractivity contribution in [2.24, 2.45) is 5.92 Å². The van der Waals surface area contributed by atoms with Crippen LogP contribution < -0.4 is 10.2 Å².